The number of nitrogen functional groups attached to an aromatic ring is 1. The maximum Gasteiger partial charge on any atom is 0.407 e. The van der Waals surface area contributed by atoms with Crippen LogP contribution in [0.5, 0.6) is 0 Å². The van der Waals surface area contributed by atoms with Gasteiger partial charge in [0.1, 0.15) is 5.82 Å². The number of nitrogens with one attached hydrogen (secondary N) is 1. The number of carbonyl (C=O) groups excluding carboxylic acids is 1. The molecule has 4 rings (SSSR count). The lowest BCUT2D eigenvalue weighted by Gasteiger charge is -2.44. The van der Waals surface area contributed by atoms with Crippen LogP contribution in [0.15, 0.2) is 48.9 Å². The Morgan fingerprint density at radius 3 is 2.47 bits per heavy atom. The Morgan fingerprint density at radius 2 is 1.82 bits per heavy atom. The molecule has 2 unspecified atom stereocenters. The van der Waals surface area contributed by atoms with Crippen molar-refractivity contribution in [3.8, 4) is 11.1 Å². The Hall–Kier alpha value is -3.88. The Kier molecular flexibility index (Phi) is 7.23. The quantitative estimate of drug-likeness (QED) is 0.400. The lowest BCUT2D eigenvalue weighted by molar-refractivity contribution is 0.0408. The zero-order chi connectivity index (χ0) is 27.8. The number of hydrogen-bond acceptors (Lipinski definition) is 5. The summed E-state index contributed by atoms with van der Waals surface area (Å²) in [5.41, 5.74) is 9.50. The number of rotatable bonds is 4. The molecule has 0 saturated carbocycles. The molecular formula is C29H38N6O3. The van der Waals surface area contributed by atoms with Crippen LogP contribution in [0.2, 0.25) is 0 Å². The van der Waals surface area contributed by atoms with Crippen molar-refractivity contribution in [2.75, 3.05) is 17.6 Å². The summed E-state index contributed by atoms with van der Waals surface area (Å²) < 4.78 is 1.90. The maximum atomic E-state index is 13.1. The van der Waals surface area contributed by atoms with Crippen molar-refractivity contribution >= 4 is 23.5 Å². The van der Waals surface area contributed by atoms with Crippen LogP contribution in [0.25, 0.3) is 11.1 Å². The number of benzene rings is 1. The Morgan fingerprint density at radius 1 is 1.08 bits per heavy atom. The molecule has 3 heterocycles. The standard InChI is InChI=1S/C29H38N6O3/c1-28(2,3)20-8-7-9-21(13-20)33-26(36)23-12-18(15-31-25(23)30)19-16-32-35(17-19)22-10-11-34(27(37)38)24(14-22)29(4,5)6/h7-9,12-13,15-17,22,24H,10-11,14H2,1-6H3,(H2,30,31)(H,33,36)(H,37,38). The second-order valence-corrected chi connectivity index (χ2v) is 12.2. The zero-order valence-electron chi connectivity index (χ0n) is 23.0. The van der Waals surface area contributed by atoms with Gasteiger partial charge in [-0.05, 0) is 47.4 Å². The van der Waals surface area contributed by atoms with Crippen molar-refractivity contribution in [2.45, 2.75) is 71.9 Å². The molecule has 1 saturated heterocycles. The minimum absolute atomic E-state index is 0.0431. The number of carbonyl (C=O) groups is 2. The molecule has 3 aromatic rings. The number of pyridine rings is 1. The summed E-state index contributed by atoms with van der Waals surface area (Å²) in [5, 5.41) is 17.2. The fraction of sp³-hybridized carbons (Fsp3) is 0.448. The van der Waals surface area contributed by atoms with Crippen LogP contribution in [0, 0.1) is 5.41 Å². The van der Waals surface area contributed by atoms with Crippen molar-refractivity contribution in [2.24, 2.45) is 5.41 Å². The fourth-order valence-corrected chi connectivity index (χ4v) is 5.00. The van der Waals surface area contributed by atoms with Crippen LogP contribution in [0.4, 0.5) is 16.3 Å². The first-order chi connectivity index (χ1) is 17.7. The molecule has 0 bridgehead atoms. The SMILES string of the molecule is CC(C)(C)c1cccc(NC(=O)c2cc(-c3cnn(C4CCN(C(=O)O)C(C(C)(C)C)C4)c3)cnc2N)c1. The molecule has 2 atom stereocenters. The lowest BCUT2D eigenvalue weighted by atomic mass is 9.79. The van der Waals surface area contributed by atoms with Crippen LogP contribution in [-0.2, 0) is 5.41 Å². The van der Waals surface area contributed by atoms with Crippen LogP contribution in [0.1, 0.15) is 76.3 Å². The molecule has 1 aromatic carbocycles. The number of aromatic nitrogens is 3. The van der Waals surface area contributed by atoms with E-state index in [0.717, 1.165) is 16.7 Å². The van der Waals surface area contributed by atoms with E-state index in [1.165, 1.54) is 0 Å². The van der Waals surface area contributed by atoms with Gasteiger partial charge in [-0.15, -0.1) is 0 Å². The predicted molar refractivity (Wildman–Crippen MR) is 149 cm³/mol. The number of carboxylic acid groups (broad SMARTS) is 1. The van der Waals surface area contributed by atoms with E-state index in [2.05, 4.69) is 56.9 Å². The van der Waals surface area contributed by atoms with E-state index < -0.39 is 6.09 Å². The summed E-state index contributed by atoms with van der Waals surface area (Å²) in [4.78, 5) is 30.8. The van der Waals surface area contributed by atoms with Gasteiger partial charge in [0.15, 0.2) is 0 Å². The van der Waals surface area contributed by atoms with Crippen molar-refractivity contribution in [3.05, 3.63) is 60.0 Å². The number of likely N-dealkylation sites (tertiary alicyclic amines) is 1. The maximum absolute atomic E-state index is 13.1. The molecule has 0 spiro atoms. The molecular weight excluding hydrogens is 480 g/mol. The van der Waals surface area contributed by atoms with Crippen LogP contribution < -0.4 is 11.1 Å². The Bertz CT molecular complexity index is 1330. The van der Waals surface area contributed by atoms with Crippen LogP contribution >= 0.6 is 0 Å². The van der Waals surface area contributed by atoms with Crippen molar-refractivity contribution < 1.29 is 14.7 Å². The highest BCUT2D eigenvalue weighted by molar-refractivity contribution is 6.07. The molecule has 202 valence electrons. The summed E-state index contributed by atoms with van der Waals surface area (Å²) in [6.45, 7) is 13.0. The van der Waals surface area contributed by atoms with Gasteiger partial charge in [-0.3, -0.25) is 9.48 Å². The lowest BCUT2D eigenvalue weighted by Crippen LogP contribution is -2.51. The van der Waals surface area contributed by atoms with Crippen molar-refractivity contribution in [1.29, 1.82) is 0 Å². The number of hydrogen-bond donors (Lipinski definition) is 3. The summed E-state index contributed by atoms with van der Waals surface area (Å²) in [6, 6.07) is 9.48. The van der Waals surface area contributed by atoms with E-state index in [9.17, 15) is 14.7 Å². The monoisotopic (exact) mass is 518 g/mol. The van der Waals surface area contributed by atoms with Gasteiger partial charge in [-0.1, -0.05) is 53.7 Å². The Labute approximate surface area is 224 Å². The second-order valence-electron chi connectivity index (χ2n) is 12.2. The molecule has 38 heavy (non-hydrogen) atoms. The molecule has 9 nitrogen and oxygen atoms in total. The van der Waals surface area contributed by atoms with Gasteiger partial charge in [0.25, 0.3) is 5.91 Å². The summed E-state index contributed by atoms with van der Waals surface area (Å²) in [7, 11) is 0. The first-order valence-corrected chi connectivity index (χ1v) is 13.0. The molecule has 2 aromatic heterocycles. The number of anilines is 2. The van der Waals surface area contributed by atoms with Gasteiger partial charge < -0.3 is 21.1 Å². The van der Waals surface area contributed by atoms with Crippen LogP contribution in [0.3, 0.4) is 0 Å². The molecule has 1 fully saturated rings. The average molecular weight is 519 g/mol. The highest BCUT2D eigenvalue weighted by atomic mass is 16.4. The van der Waals surface area contributed by atoms with Gasteiger partial charge in [-0.25, -0.2) is 9.78 Å². The number of piperidine rings is 1. The zero-order valence-corrected chi connectivity index (χ0v) is 23.0. The van der Waals surface area contributed by atoms with Crippen molar-refractivity contribution in [3.63, 3.8) is 0 Å². The topological polar surface area (TPSA) is 126 Å². The molecule has 1 aliphatic rings. The molecule has 2 amide bonds. The third-order valence-electron chi connectivity index (χ3n) is 7.28. The average Bonchev–Trinajstić information content (AvgIpc) is 3.33. The Balaban J connectivity index is 1.54. The predicted octanol–water partition coefficient (Wildman–Crippen LogP) is 5.81. The highest BCUT2D eigenvalue weighted by Gasteiger charge is 2.39. The van der Waals surface area contributed by atoms with E-state index in [1.54, 1.807) is 23.4 Å². The smallest absolute Gasteiger partial charge is 0.407 e. The second kappa shape index (κ2) is 10.1. The first-order valence-electron chi connectivity index (χ1n) is 13.0. The van der Waals surface area contributed by atoms with Gasteiger partial charge in [0, 0.05) is 41.8 Å². The number of nitrogens with zero attached hydrogens (tertiary/aromatic N) is 4. The summed E-state index contributed by atoms with van der Waals surface area (Å²) in [5.74, 6) is -0.177. The van der Waals surface area contributed by atoms with Gasteiger partial charge in [-0.2, -0.15) is 5.10 Å². The van der Waals surface area contributed by atoms with Crippen molar-refractivity contribution in [1.82, 2.24) is 19.7 Å². The summed E-state index contributed by atoms with van der Waals surface area (Å²) in [6.07, 6.45) is 5.80. The molecule has 0 radical (unpaired) electrons. The van der Waals surface area contributed by atoms with E-state index >= 15 is 0 Å². The van der Waals surface area contributed by atoms with Crippen LogP contribution in [-0.4, -0.2) is 49.4 Å². The minimum Gasteiger partial charge on any atom is -0.465 e. The number of amides is 2. The van der Waals surface area contributed by atoms with E-state index in [0.29, 0.717) is 30.6 Å². The fourth-order valence-electron chi connectivity index (χ4n) is 5.00. The molecule has 4 N–H and O–H groups in total. The molecule has 9 heteroatoms. The normalized spacial score (nSPS) is 18.3. The van der Waals surface area contributed by atoms with Gasteiger partial charge in [0.05, 0.1) is 17.8 Å². The third kappa shape index (κ3) is 5.82. The summed E-state index contributed by atoms with van der Waals surface area (Å²) >= 11 is 0. The minimum atomic E-state index is -0.881. The van der Waals surface area contributed by atoms with Gasteiger partial charge in [0.2, 0.25) is 0 Å². The van der Waals surface area contributed by atoms with Gasteiger partial charge >= 0.3 is 6.09 Å². The highest BCUT2D eigenvalue weighted by Crippen LogP contribution is 2.37. The van der Waals surface area contributed by atoms with E-state index in [-0.39, 0.29) is 34.6 Å². The van der Waals surface area contributed by atoms with E-state index in [4.69, 9.17) is 5.73 Å². The largest absolute Gasteiger partial charge is 0.465 e. The molecule has 1 aliphatic heterocycles. The molecule has 0 aliphatic carbocycles. The first kappa shape index (κ1) is 27.2. The van der Waals surface area contributed by atoms with E-state index in [1.807, 2.05) is 35.1 Å². The number of nitrogens with two attached hydrogens (primary N) is 1. The third-order valence-corrected chi connectivity index (χ3v) is 7.28.